The smallest absolute Gasteiger partial charge is 0.138 e. The van der Waals surface area contributed by atoms with Crippen LogP contribution in [0.3, 0.4) is 0 Å². The maximum absolute atomic E-state index is 6.12. The van der Waals surface area contributed by atoms with Crippen LogP contribution in [0, 0.1) is 6.92 Å². The SMILES string of the molecule is COc1ccc(OCCCCCCc2cc(C)no2)c(Cl)c1. The summed E-state index contributed by atoms with van der Waals surface area (Å²) in [4.78, 5) is 0. The highest BCUT2D eigenvalue weighted by molar-refractivity contribution is 6.32. The third-order valence-electron chi connectivity index (χ3n) is 3.39. The molecule has 0 spiro atoms. The number of halogens is 1. The van der Waals surface area contributed by atoms with Gasteiger partial charge >= 0.3 is 0 Å². The quantitative estimate of drug-likeness (QED) is 0.620. The van der Waals surface area contributed by atoms with Gasteiger partial charge in [0.15, 0.2) is 0 Å². The number of methoxy groups -OCH3 is 1. The van der Waals surface area contributed by atoms with Gasteiger partial charge in [-0.1, -0.05) is 29.6 Å². The molecule has 5 heteroatoms. The molecular weight excluding hydrogens is 302 g/mol. The first kappa shape index (κ1) is 16.7. The van der Waals surface area contributed by atoms with Gasteiger partial charge < -0.3 is 14.0 Å². The molecule has 0 fully saturated rings. The first-order valence-corrected chi connectivity index (χ1v) is 7.95. The molecule has 0 saturated carbocycles. The predicted molar refractivity (Wildman–Crippen MR) is 86.9 cm³/mol. The molecule has 1 aromatic carbocycles. The van der Waals surface area contributed by atoms with Gasteiger partial charge in [0.25, 0.3) is 0 Å². The Morgan fingerprint density at radius 2 is 1.95 bits per heavy atom. The van der Waals surface area contributed by atoms with Crippen molar-refractivity contribution in [1.29, 1.82) is 0 Å². The van der Waals surface area contributed by atoms with Crippen LogP contribution >= 0.6 is 11.6 Å². The standard InChI is InChI=1S/C17H22ClNO3/c1-13-11-15(22-19-13)7-5-3-4-6-10-21-17-9-8-14(20-2)12-16(17)18/h8-9,11-12H,3-7,10H2,1-2H3. The summed E-state index contributed by atoms with van der Waals surface area (Å²) >= 11 is 6.12. The molecule has 0 amide bonds. The Balaban J connectivity index is 1.57. The van der Waals surface area contributed by atoms with Crippen molar-refractivity contribution in [2.24, 2.45) is 0 Å². The van der Waals surface area contributed by atoms with Gasteiger partial charge in [0, 0.05) is 18.6 Å². The Morgan fingerprint density at radius 1 is 1.14 bits per heavy atom. The summed E-state index contributed by atoms with van der Waals surface area (Å²) in [7, 11) is 1.62. The lowest BCUT2D eigenvalue weighted by Crippen LogP contribution is -1.98. The first-order chi connectivity index (χ1) is 10.7. The van der Waals surface area contributed by atoms with E-state index in [9.17, 15) is 0 Å². The Labute approximate surface area is 136 Å². The van der Waals surface area contributed by atoms with Crippen LogP contribution in [0.25, 0.3) is 0 Å². The maximum Gasteiger partial charge on any atom is 0.138 e. The maximum atomic E-state index is 6.12. The number of hydrogen-bond acceptors (Lipinski definition) is 4. The molecule has 0 radical (unpaired) electrons. The van der Waals surface area contributed by atoms with Crippen LogP contribution in [0.1, 0.15) is 37.1 Å². The molecule has 1 heterocycles. The molecule has 0 saturated heterocycles. The molecule has 0 N–H and O–H groups in total. The van der Waals surface area contributed by atoms with Crippen LogP contribution in [-0.2, 0) is 6.42 Å². The van der Waals surface area contributed by atoms with Crippen molar-refractivity contribution in [3.63, 3.8) is 0 Å². The molecule has 0 aliphatic heterocycles. The number of benzene rings is 1. The number of rotatable bonds is 9. The van der Waals surface area contributed by atoms with Crippen molar-refractivity contribution in [2.75, 3.05) is 13.7 Å². The van der Waals surface area contributed by atoms with Crippen LogP contribution in [0.5, 0.6) is 11.5 Å². The fourth-order valence-corrected chi connectivity index (χ4v) is 2.42. The van der Waals surface area contributed by atoms with E-state index in [1.807, 2.05) is 25.1 Å². The van der Waals surface area contributed by atoms with E-state index >= 15 is 0 Å². The van der Waals surface area contributed by atoms with E-state index in [2.05, 4.69) is 5.16 Å². The molecule has 0 aliphatic carbocycles. The number of aromatic nitrogens is 1. The van der Waals surface area contributed by atoms with E-state index in [0.29, 0.717) is 17.4 Å². The Morgan fingerprint density at radius 3 is 2.64 bits per heavy atom. The van der Waals surface area contributed by atoms with E-state index in [1.165, 1.54) is 0 Å². The fourth-order valence-electron chi connectivity index (χ4n) is 2.20. The van der Waals surface area contributed by atoms with Crippen LogP contribution < -0.4 is 9.47 Å². The minimum atomic E-state index is 0.583. The molecule has 2 aromatic rings. The second kappa shape index (κ2) is 8.69. The summed E-state index contributed by atoms with van der Waals surface area (Å²) in [6.45, 7) is 2.61. The summed E-state index contributed by atoms with van der Waals surface area (Å²) in [6.07, 6.45) is 5.35. The minimum absolute atomic E-state index is 0.583. The van der Waals surface area contributed by atoms with Gasteiger partial charge in [-0.2, -0.15) is 0 Å². The third-order valence-corrected chi connectivity index (χ3v) is 3.69. The van der Waals surface area contributed by atoms with Gasteiger partial charge in [-0.05, 0) is 31.9 Å². The van der Waals surface area contributed by atoms with Crippen molar-refractivity contribution in [2.45, 2.75) is 39.0 Å². The normalized spacial score (nSPS) is 10.7. The summed E-state index contributed by atoms with van der Waals surface area (Å²) < 4.78 is 16.0. The fraction of sp³-hybridized carbons (Fsp3) is 0.471. The zero-order valence-electron chi connectivity index (χ0n) is 13.1. The first-order valence-electron chi connectivity index (χ1n) is 7.57. The number of ether oxygens (including phenoxy) is 2. The van der Waals surface area contributed by atoms with E-state index < -0.39 is 0 Å². The van der Waals surface area contributed by atoms with Crippen LogP contribution in [-0.4, -0.2) is 18.9 Å². The van der Waals surface area contributed by atoms with Gasteiger partial charge in [-0.25, -0.2) is 0 Å². The van der Waals surface area contributed by atoms with Crippen molar-refractivity contribution < 1.29 is 14.0 Å². The average Bonchev–Trinajstić information content (AvgIpc) is 2.93. The molecule has 22 heavy (non-hydrogen) atoms. The van der Waals surface area contributed by atoms with E-state index in [1.54, 1.807) is 13.2 Å². The number of unbranched alkanes of at least 4 members (excludes halogenated alkanes) is 3. The summed E-state index contributed by atoms with van der Waals surface area (Å²) in [5.41, 5.74) is 0.944. The van der Waals surface area contributed by atoms with Gasteiger partial charge in [-0.3, -0.25) is 0 Å². The van der Waals surface area contributed by atoms with Gasteiger partial charge in [0.1, 0.15) is 17.3 Å². The van der Waals surface area contributed by atoms with E-state index in [-0.39, 0.29) is 0 Å². The molecule has 0 unspecified atom stereocenters. The third kappa shape index (κ3) is 5.26. The van der Waals surface area contributed by atoms with Crippen molar-refractivity contribution >= 4 is 11.6 Å². The molecule has 120 valence electrons. The minimum Gasteiger partial charge on any atom is -0.497 e. The second-order valence-corrected chi connectivity index (χ2v) is 5.65. The molecule has 2 rings (SSSR count). The monoisotopic (exact) mass is 323 g/mol. The molecule has 1 aromatic heterocycles. The zero-order valence-corrected chi connectivity index (χ0v) is 13.9. The molecule has 0 atom stereocenters. The average molecular weight is 324 g/mol. The summed E-state index contributed by atoms with van der Waals surface area (Å²) in [5.74, 6) is 2.42. The van der Waals surface area contributed by atoms with Crippen molar-refractivity contribution in [1.82, 2.24) is 5.16 Å². The summed E-state index contributed by atoms with van der Waals surface area (Å²) in [6, 6.07) is 7.44. The molecule has 4 nitrogen and oxygen atoms in total. The van der Waals surface area contributed by atoms with Crippen LogP contribution in [0.4, 0.5) is 0 Å². The van der Waals surface area contributed by atoms with Gasteiger partial charge in [0.2, 0.25) is 0 Å². The van der Waals surface area contributed by atoms with Crippen LogP contribution in [0.2, 0.25) is 5.02 Å². The van der Waals surface area contributed by atoms with Crippen molar-refractivity contribution in [3.05, 3.63) is 40.7 Å². The topological polar surface area (TPSA) is 44.5 Å². The lowest BCUT2D eigenvalue weighted by atomic mass is 10.1. The Bertz CT molecular complexity index is 583. The van der Waals surface area contributed by atoms with Crippen LogP contribution in [0.15, 0.2) is 28.8 Å². The number of aryl methyl sites for hydroxylation is 2. The zero-order chi connectivity index (χ0) is 15.8. The molecular formula is C17H22ClNO3. The van der Waals surface area contributed by atoms with Gasteiger partial charge in [-0.15, -0.1) is 0 Å². The molecule has 0 aliphatic rings. The van der Waals surface area contributed by atoms with Crippen molar-refractivity contribution in [3.8, 4) is 11.5 Å². The Hall–Kier alpha value is -1.68. The highest BCUT2D eigenvalue weighted by Gasteiger charge is 2.03. The Kier molecular flexibility index (Phi) is 6.59. The number of nitrogens with zero attached hydrogens (tertiary/aromatic N) is 1. The number of hydrogen-bond donors (Lipinski definition) is 0. The highest BCUT2D eigenvalue weighted by Crippen LogP contribution is 2.28. The van der Waals surface area contributed by atoms with E-state index in [0.717, 1.165) is 49.3 Å². The predicted octanol–water partition coefficient (Wildman–Crippen LogP) is 4.83. The second-order valence-electron chi connectivity index (χ2n) is 5.24. The highest BCUT2D eigenvalue weighted by atomic mass is 35.5. The van der Waals surface area contributed by atoms with E-state index in [4.69, 9.17) is 25.6 Å². The molecule has 0 bridgehead atoms. The van der Waals surface area contributed by atoms with Gasteiger partial charge in [0.05, 0.1) is 24.4 Å². The lowest BCUT2D eigenvalue weighted by Gasteiger charge is -2.09. The lowest BCUT2D eigenvalue weighted by molar-refractivity contribution is 0.303. The largest absolute Gasteiger partial charge is 0.497 e. The summed E-state index contributed by atoms with van der Waals surface area (Å²) in [5, 5.41) is 4.47.